The largest absolute Gasteiger partial charge is 0.341 e. The molecule has 2 saturated heterocycles. The topological polar surface area (TPSA) is 36.4 Å². The van der Waals surface area contributed by atoms with Gasteiger partial charge in [-0.2, -0.15) is 11.8 Å². The van der Waals surface area contributed by atoms with Crippen molar-refractivity contribution in [2.24, 2.45) is 5.92 Å². The number of likely N-dealkylation sites (tertiary alicyclic amines) is 1. The van der Waals surface area contributed by atoms with Gasteiger partial charge in [0.25, 0.3) is 0 Å². The van der Waals surface area contributed by atoms with Crippen LogP contribution in [0.5, 0.6) is 0 Å². The molecule has 3 rings (SSSR count). The second-order valence-electron chi connectivity index (χ2n) is 5.48. The number of rotatable bonds is 3. The summed E-state index contributed by atoms with van der Waals surface area (Å²) in [6, 6.07) is 0. The second kappa shape index (κ2) is 6.91. The predicted molar refractivity (Wildman–Crippen MR) is 84.0 cm³/mol. The van der Waals surface area contributed by atoms with E-state index in [1.807, 2.05) is 23.5 Å². The molecule has 2 aliphatic heterocycles. The zero-order valence-electron chi connectivity index (χ0n) is 11.7. The van der Waals surface area contributed by atoms with Crippen LogP contribution in [0.4, 0.5) is 0 Å². The smallest absolute Gasteiger partial charge is 0.227 e. The Labute approximate surface area is 128 Å². The van der Waals surface area contributed by atoms with Gasteiger partial charge < -0.3 is 4.90 Å². The van der Waals surface area contributed by atoms with E-state index in [2.05, 4.69) is 14.8 Å². The molecule has 1 aromatic heterocycles. The van der Waals surface area contributed by atoms with Crippen molar-refractivity contribution in [1.82, 2.24) is 14.8 Å². The molecule has 2 fully saturated rings. The minimum absolute atomic E-state index is 0.208. The Balaban J connectivity index is 1.55. The summed E-state index contributed by atoms with van der Waals surface area (Å²) in [5.41, 5.74) is 1.88. The molecule has 0 radical (unpaired) electrons. The molecule has 1 aromatic rings. The lowest BCUT2D eigenvalue weighted by atomic mass is 9.96. The Bertz CT molecular complexity index is 432. The SMILES string of the molecule is O=C(C1CCCN(Cc2cncs2)C1)N1CCSCC1. The van der Waals surface area contributed by atoms with Crippen LogP contribution in [0.2, 0.25) is 0 Å². The van der Waals surface area contributed by atoms with E-state index in [1.165, 1.54) is 4.88 Å². The molecule has 3 heterocycles. The zero-order valence-corrected chi connectivity index (χ0v) is 13.3. The fourth-order valence-electron chi connectivity index (χ4n) is 2.98. The molecule has 1 atom stereocenters. The second-order valence-corrected chi connectivity index (χ2v) is 7.68. The van der Waals surface area contributed by atoms with E-state index >= 15 is 0 Å². The summed E-state index contributed by atoms with van der Waals surface area (Å²) in [5.74, 6) is 2.80. The molecule has 1 unspecified atom stereocenters. The molecule has 0 bridgehead atoms. The number of aromatic nitrogens is 1. The average Bonchev–Trinajstić information content (AvgIpc) is 3.01. The summed E-state index contributed by atoms with van der Waals surface area (Å²) in [4.78, 5) is 22.5. The first-order valence-electron chi connectivity index (χ1n) is 7.29. The van der Waals surface area contributed by atoms with E-state index in [0.29, 0.717) is 5.91 Å². The van der Waals surface area contributed by atoms with E-state index in [4.69, 9.17) is 0 Å². The van der Waals surface area contributed by atoms with Crippen LogP contribution in [-0.2, 0) is 11.3 Å². The molecule has 20 heavy (non-hydrogen) atoms. The molecule has 1 amide bonds. The number of amides is 1. The Kier molecular flexibility index (Phi) is 4.96. The van der Waals surface area contributed by atoms with Crippen LogP contribution in [0.25, 0.3) is 0 Å². The van der Waals surface area contributed by atoms with Crippen molar-refractivity contribution in [3.63, 3.8) is 0 Å². The van der Waals surface area contributed by atoms with E-state index < -0.39 is 0 Å². The molecule has 110 valence electrons. The van der Waals surface area contributed by atoms with Crippen LogP contribution in [0, 0.1) is 5.92 Å². The van der Waals surface area contributed by atoms with Crippen molar-refractivity contribution >= 4 is 29.0 Å². The highest BCUT2D eigenvalue weighted by Gasteiger charge is 2.29. The first kappa shape index (κ1) is 14.4. The number of piperidine rings is 1. The molecule has 4 nitrogen and oxygen atoms in total. The van der Waals surface area contributed by atoms with Crippen molar-refractivity contribution in [3.8, 4) is 0 Å². The van der Waals surface area contributed by atoms with Gasteiger partial charge in [-0.15, -0.1) is 11.3 Å². The number of thiazole rings is 1. The van der Waals surface area contributed by atoms with E-state index in [0.717, 1.165) is 57.1 Å². The first-order chi connectivity index (χ1) is 9.83. The van der Waals surface area contributed by atoms with E-state index in [-0.39, 0.29) is 5.92 Å². The van der Waals surface area contributed by atoms with Gasteiger partial charge in [-0.05, 0) is 19.4 Å². The zero-order chi connectivity index (χ0) is 13.8. The molecule has 0 aliphatic carbocycles. The Morgan fingerprint density at radius 1 is 1.35 bits per heavy atom. The van der Waals surface area contributed by atoms with Crippen molar-refractivity contribution in [2.75, 3.05) is 37.7 Å². The highest BCUT2D eigenvalue weighted by molar-refractivity contribution is 7.99. The summed E-state index contributed by atoms with van der Waals surface area (Å²) in [5, 5.41) is 0. The molecular weight excluding hydrogens is 290 g/mol. The summed E-state index contributed by atoms with van der Waals surface area (Å²) in [6.45, 7) is 4.85. The highest BCUT2D eigenvalue weighted by Crippen LogP contribution is 2.22. The fourth-order valence-corrected chi connectivity index (χ4v) is 4.52. The van der Waals surface area contributed by atoms with Gasteiger partial charge >= 0.3 is 0 Å². The maximum atomic E-state index is 12.6. The molecule has 0 aromatic carbocycles. The third kappa shape index (κ3) is 3.54. The Morgan fingerprint density at radius 3 is 2.95 bits per heavy atom. The third-order valence-electron chi connectivity index (χ3n) is 4.04. The van der Waals surface area contributed by atoms with Gasteiger partial charge in [-0.25, -0.2) is 0 Å². The van der Waals surface area contributed by atoms with Crippen LogP contribution in [-0.4, -0.2) is 58.4 Å². The summed E-state index contributed by atoms with van der Waals surface area (Å²) < 4.78 is 0. The van der Waals surface area contributed by atoms with Gasteiger partial charge in [0.15, 0.2) is 0 Å². The fraction of sp³-hybridized carbons (Fsp3) is 0.714. The lowest BCUT2D eigenvalue weighted by Gasteiger charge is -2.36. The molecule has 0 spiro atoms. The van der Waals surface area contributed by atoms with Gasteiger partial charge in [0, 0.05) is 48.8 Å². The van der Waals surface area contributed by atoms with Crippen LogP contribution < -0.4 is 0 Å². The van der Waals surface area contributed by atoms with Gasteiger partial charge in [-0.1, -0.05) is 0 Å². The number of nitrogens with zero attached hydrogens (tertiary/aromatic N) is 3. The lowest BCUT2D eigenvalue weighted by molar-refractivity contribution is -0.137. The third-order valence-corrected chi connectivity index (χ3v) is 5.75. The van der Waals surface area contributed by atoms with Crippen LogP contribution in [0.15, 0.2) is 11.7 Å². The minimum Gasteiger partial charge on any atom is -0.341 e. The maximum absolute atomic E-state index is 12.6. The molecule has 0 N–H and O–H groups in total. The standard InChI is InChI=1S/C14H21N3OS2/c18-14(17-4-6-19-7-5-17)12-2-1-3-16(9-12)10-13-8-15-11-20-13/h8,11-12H,1-7,9-10H2. The molecular formula is C14H21N3OS2. The monoisotopic (exact) mass is 311 g/mol. The highest BCUT2D eigenvalue weighted by atomic mass is 32.2. The van der Waals surface area contributed by atoms with Gasteiger partial charge in [0.05, 0.1) is 11.4 Å². The maximum Gasteiger partial charge on any atom is 0.227 e. The van der Waals surface area contributed by atoms with Crippen molar-refractivity contribution < 1.29 is 4.79 Å². The van der Waals surface area contributed by atoms with Gasteiger partial charge in [0.1, 0.15) is 0 Å². The van der Waals surface area contributed by atoms with Crippen molar-refractivity contribution in [3.05, 3.63) is 16.6 Å². The number of hydrogen-bond acceptors (Lipinski definition) is 5. The Morgan fingerprint density at radius 2 is 2.20 bits per heavy atom. The average molecular weight is 311 g/mol. The first-order valence-corrected chi connectivity index (χ1v) is 9.32. The number of hydrogen-bond donors (Lipinski definition) is 0. The van der Waals surface area contributed by atoms with E-state index in [1.54, 1.807) is 11.3 Å². The quantitative estimate of drug-likeness (QED) is 0.855. The number of carbonyl (C=O) groups excluding carboxylic acids is 1. The predicted octanol–water partition coefficient (Wildman–Crippen LogP) is 1.93. The van der Waals surface area contributed by atoms with Crippen LogP contribution in [0.3, 0.4) is 0 Å². The van der Waals surface area contributed by atoms with Crippen molar-refractivity contribution in [2.45, 2.75) is 19.4 Å². The lowest BCUT2D eigenvalue weighted by Crippen LogP contribution is -2.47. The van der Waals surface area contributed by atoms with Gasteiger partial charge in [0.2, 0.25) is 5.91 Å². The number of thioether (sulfide) groups is 1. The molecule has 2 aliphatic rings. The summed E-state index contributed by atoms with van der Waals surface area (Å²) in [7, 11) is 0. The van der Waals surface area contributed by atoms with Crippen LogP contribution >= 0.6 is 23.1 Å². The van der Waals surface area contributed by atoms with Crippen molar-refractivity contribution in [1.29, 1.82) is 0 Å². The van der Waals surface area contributed by atoms with E-state index in [9.17, 15) is 4.79 Å². The normalized spacial score (nSPS) is 24.8. The Hall–Kier alpha value is -0.590. The summed E-state index contributed by atoms with van der Waals surface area (Å²) >= 11 is 3.66. The number of carbonyl (C=O) groups is 1. The van der Waals surface area contributed by atoms with Gasteiger partial charge in [-0.3, -0.25) is 14.7 Å². The molecule has 6 heteroatoms. The summed E-state index contributed by atoms with van der Waals surface area (Å²) in [6.07, 6.45) is 4.14. The van der Waals surface area contributed by atoms with Crippen LogP contribution in [0.1, 0.15) is 17.7 Å². The molecule has 0 saturated carbocycles. The minimum atomic E-state index is 0.208.